The van der Waals surface area contributed by atoms with Crippen LogP contribution in [-0.2, 0) is 4.74 Å². The normalized spacial score (nSPS) is 17.9. The van der Waals surface area contributed by atoms with Crippen molar-refractivity contribution in [2.75, 3.05) is 25.1 Å². The minimum atomic E-state index is -0.547. The van der Waals surface area contributed by atoms with Gasteiger partial charge in [0.25, 0.3) is 0 Å². The van der Waals surface area contributed by atoms with Crippen LogP contribution in [0.1, 0.15) is 53.8 Å². The fraction of sp³-hybridized carbons (Fsp3) is 0.643. The highest BCUT2D eigenvalue weighted by molar-refractivity contribution is 7.17. The van der Waals surface area contributed by atoms with Crippen molar-refractivity contribution in [3.05, 3.63) is 10.6 Å². The zero-order valence-corrected chi connectivity index (χ0v) is 13.2. The lowest BCUT2D eigenvalue weighted by Crippen LogP contribution is -2.40. The first-order valence-electron chi connectivity index (χ1n) is 6.69. The smallest absolute Gasteiger partial charge is 0.358 e. The van der Waals surface area contributed by atoms with Gasteiger partial charge in [-0.1, -0.05) is 25.2 Å². The first kappa shape index (κ1) is 15.0. The molecule has 0 N–H and O–H groups in total. The lowest BCUT2D eigenvalue weighted by atomic mass is 9.84. The summed E-state index contributed by atoms with van der Waals surface area (Å²) >= 11 is 1.28. The Hall–Kier alpha value is -1.43. The maximum absolute atomic E-state index is 11.7. The van der Waals surface area contributed by atoms with Crippen molar-refractivity contribution >= 4 is 28.2 Å². The van der Waals surface area contributed by atoms with Gasteiger partial charge in [-0.2, -0.15) is 0 Å². The molecule has 1 aliphatic rings. The molecule has 1 aromatic rings. The van der Waals surface area contributed by atoms with Crippen LogP contribution in [0.3, 0.4) is 0 Å². The third kappa shape index (κ3) is 3.00. The van der Waals surface area contributed by atoms with Crippen LogP contribution >= 0.6 is 11.3 Å². The molecule has 0 radical (unpaired) electrons. The van der Waals surface area contributed by atoms with Crippen molar-refractivity contribution in [2.24, 2.45) is 5.41 Å². The average molecular weight is 296 g/mol. The van der Waals surface area contributed by atoms with Gasteiger partial charge in [-0.05, 0) is 18.3 Å². The zero-order valence-electron chi connectivity index (χ0n) is 12.4. The van der Waals surface area contributed by atoms with Crippen LogP contribution in [0.15, 0.2) is 0 Å². The van der Waals surface area contributed by atoms with Crippen LogP contribution in [0.2, 0.25) is 0 Å². The maximum Gasteiger partial charge on any atom is 0.358 e. The number of ether oxygens (including phenoxy) is 1. The number of Topliss-reactive ketones (excluding diaryl/α,β-unsaturated/α-hetero) is 1. The van der Waals surface area contributed by atoms with Gasteiger partial charge in [0, 0.05) is 20.0 Å². The molecule has 2 rings (SSSR count). The van der Waals surface area contributed by atoms with Crippen LogP contribution < -0.4 is 4.90 Å². The molecule has 0 saturated carbocycles. The molecule has 0 amide bonds. The Morgan fingerprint density at radius 1 is 1.40 bits per heavy atom. The first-order valence-corrected chi connectivity index (χ1v) is 7.51. The summed E-state index contributed by atoms with van der Waals surface area (Å²) < 4.78 is 4.70. The van der Waals surface area contributed by atoms with E-state index in [1.807, 2.05) is 0 Å². The van der Waals surface area contributed by atoms with Gasteiger partial charge < -0.3 is 9.64 Å². The Labute approximate surface area is 122 Å². The summed E-state index contributed by atoms with van der Waals surface area (Å²) in [6, 6.07) is 0. The topological polar surface area (TPSA) is 59.5 Å². The number of aromatic nitrogens is 1. The third-order valence-corrected chi connectivity index (χ3v) is 4.70. The van der Waals surface area contributed by atoms with Crippen LogP contribution in [0, 0.1) is 5.41 Å². The van der Waals surface area contributed by atoms with E-state index in [1.54, 1.807) is 0 Å². The maximum atomic E-state index is 11.7. The van der Waals surface area contributed by atoms with Crippen molar-refractivity contribution in [3.63, 3.8) is 0 Å². The molecule has 5 nitrogen and oxygen atoms in total. The summed E-state index contributed by atoms with van der Waals surface area (Å²) in [4.78, 5) is 30.3. The number of carbonyl (C=O) groups is 2. The molecule has 110 valence electrons. The lowest BCUT2D eigenvalue weighted by Gasteiger charge is -2.37. The number of hydrogen-bond acceptors (Lipinski definition) is 6. The van der Waals surface area contributed by atoms with Crippen LogP contribution in [0.4, 0.5) is 5.13 Å². The summed E-state index contributed by atoms with van der Waals surface area (Å²) in [5.41, 5.74) is 0.370. The van der Waals surface area contributed by atoms with Gasteiger partial charge in [0.05, 0.1) is 7.11 Å². The Balaban J connectivity index is 2.33. The Morgan fingerprint density at radius 3 is 2.65 bits per heavy atom. The summed E-state index contributed by atoms with van der Waals surface area (Å²) in [5.74, 6) is -0.695. The third-order valence-electron chi connectivity index (χ3n) is 3.49. The van der Waals surface area contributed by atoms with Crippen LogP contribution in [0.25, 0.3) is 0 Å². The number of esters is 1. The summed E-state index contributed by atoms with van der Waals surface area (Å²) in [7, 11) is 1.30. The fourth-order valence-corrected chi connectivity index (χ4v) is 3.48. The van der Waals surface area contributed by atoms with Crippen LogP contribution in [0.5, 0.6) is 0 Å². The Morgan fingerprint density at radius 2 is 2.10 bits per heavy atom. The van der Waals surface area contributed by atoms with E-state index >= 15 is 0 Å². The zero-order chi connectivity index (χ0) is 14.9. The number of piperidine rings is 1. The number of ketones is 1. The van der Waals surface area contributed by atoms with Gasteiger partial charge in [-0.3, -0.25) is 4.79 Å². The molecule has 6 heteroatoms. The number of thiazole rings is 1. The average Bonchev–Trinajstić information content (AvgIpc) is 2.81. The van der Waals surface area contributed by atoms with Crippen molar-refractivity contribution in [3.8, 4) is 0 Å². The molecular formula is C14H20N2O3S. The van der Waals surface area contributed by atoms with Crippen molar-refractivity contribution < 1.29 is 14.3 Å². The van der Waals surface area contributed by atoms with Gasteiger partial charge in [0.2, 0.25) is 0 Å². The molecule has 20 heavy (non-hydrogen) atoms. The van der Waals surface area contributed by atoms with Gasteiger partial charge in [-0.25, -0.2) is 9.78 Å². The van der Waals surface area contributed by atoms with E-state index in [2.05, 4.69) is 23.7 Å². The molecular weight excluding hydrogens is 276 g/mol. The highest BCUT2D eigenvalue weighted by atomic mass is 32.1. The molecule has 1 aromatic heterocycles. The number of hydrogen-bond donors (Lipinski definition) is 0. The number of anilines is 1. The second-order valence-electron chi connectivity index (χ2n) is 5.91. The molecule has 0 atom stereocenters. The van der Waals surface area contributed by atoms with Gasteiger partial charge in [0.1, 0.15) is 4.88 Å². The highest BCUT2D eigenvalue weighted by Crippen LogP contribution is 2.34. The van der Waals surface area contributed by atoms with E-state index in [0.29, 0.717) is 4.88 Å². The summed E-state index contributed by atoms with van der Waals surface area (Å²) in [6.07, 6.45) is 2.27. The van der Waals surface area contributed by atoms with Crippen molar-refractivity contribution in [2.45, 2.75) is 33.6 Å². The van der Waals surface area contributed by atoms with E-state index in [0.717, 1.165) is 24.6 Å². The predicted octanol–water partition coefficient (Wildman–Crippen LogP) is 2.76. The van der Waals surface area contributed by atoms with E-state index < -0.39 is 5.97 Å². The first-order chi connectivity index (χ1) is 9.34. The predicted molar refractivity (Wildman–Crippen MR) is 78.7 cm³/mol. The molecule has 0 aliphatic carbocycles. The number of carbonyl (C=O) groups excluding carboxylic acids is 2. The van der Waals surface area contributed by atoms with E-state index in [9.17, 15) is 9.59 Å². The standard InChI is InChI=1S/C14H20N2O3S/c1-9(17)11-10(12(18)19-4)15-13(20-11)16-7-5-6-14(2,3)8-16/h5-8H2,1-4H3. The highest BCUT2D eigenvalue weighted by Gasteiger charge is 2.30. The minimum absolute atomic E-state index is 0.142. The molecule has 2 heterocycles. The van der Waals surface area contributed by atoms with Gasteiger partial charge >= 0.3 is 5.97 Å². The van der Waals surface area contributed by atoms with Gasteiger partial charge in [0.15, 0.2) is 16.6 Å². The molecule has 1 fully saturated rings. The number of methoxy groups -OCH3 is 1. The van der Waals surface area contributed by atoms with E-state index in [-0.39, 0.29) is 16.9 Å². The molecule has 1 saturated heterocycles. The molecule has 0 bridgehead atoms. The number of nitrogens with zero attached hydrogens (tertiary/aromatic N) is 2. The molecule has 0 unspecified atom stereocenters. The fourth-order valence-electron chi connectivity index (χ4n) is 2.50. The second-order valence-corrected chi connectivity index (χ2v) is 6.89. The SMILES string of the molecule is COC(=O)c1nc(N2CCCC(C)(C)C2)sc1C(C)=O. The van der Waals surface area contributed by atoms with Crippen molar-refractivity contribution in [1.29, 1.82) is 0 Å². The van der Waals surface area contributed by atoms with E-state index in [4.69, 9.17) is 4.74 Å². The van der Waals surface area contributed by atoms with Crippen LogP contribution in [-0.4, -0.2) is 36.9 Å². The monoisotopic (exact) mass is 296 g/mol. The molecule has 0 aromatic carbocycles. The summed E-state index contributed by atoms with van der Waals surface area (Å²) in [5, 5.41) is 0.739. The largest absolute Gasteiger partial charge is 0.464 e. The lowest BCUT2D eigenvalue weighted by molar-refractivity contribution is 0.0591. The minimum Gasteiger partial charge on any atom is -0.464 e. The van der Waals surface area contributed by atoms with E-state index in [1.165, 1.54) is 31.8 Å². The Kier molecular flexibility index (Phi) is 4.13. The van der Waals surface area contributed by atoms with Gasteiger partial charge in [-0.15, -0.1) is 0 Å². The number of rotatable bonds is 3. The Bertz CT molecular complexity index is 537. The second kappa shape index (κ2) is 5.52. The quantitative estimate of drug-likeness (QED) is 0.634. The molecule has 1 aliphatic heterocycles. The summed E-state index contributed by atoms with van der Waals surface area (Å²) in [6.45, 7) is 7.69. The molecule has 0 spiro atoms. The van der Waals surface area contributed by atoms with Crippen molar-refractivity contribution in [1.82, 2.24) is 4.98 Å².